The molecule has 0 saturated carbocycles. The Kier molecular flexibility index (Phi) is 3.69. The summed E-state index contributed by atoms with van der Waals surface area (Å²) in [5, 5.41) is 8.69. The van der Waals surface area contributed by atoms with Crippen molar-refractivity contribution in [3.05, 3.63) is 54.4 Å². The van der Waals surface area contributed by atoms with Crippen LogP contribution >= 0.6 is 0 Å². The van der Waals surface area contributed by atoms with Gasteiger partial charge in [-0.05, 0) is 28.8 Å². The zero-order valence-corrected chi connectivity index (χ0v) is 9.78. The van der Waals surface area contributed by atoms with Crippen LogP contribution in [0.15, 0.2) is 48.8 Å². The van der Waals surface area contributed by atoms with Gasteiger partial charge in [-0.15, -0.1) is 0 Å². The van der Waals surface area contributed by atoms with Crippen LogP contribution in [-0.4, -0.2) is 16.1 Å². The zero-order valence-electron chi connectivity index (χ0n) is 9.78. The summed E-state index contributed by atoms with van der Waals surface area (Å²) in [6.45, 7) is 0. The minimum Gasteiger partial charge on any atom is -0.481 e. The number of pyridine rings is 1. The Labute approximate surface area is 105 Å². The Morgan fingerprint density at radius 1 is 1.11 bits per heavy atom. The van der Waals surface area contributed by atoms with Crippen LogP contribution in [0.5, 0.6) is 0 Å². The second-order valence-electron chi connectivity index (χ2n) is 4.06. The number of nitrogens with two attached hydrogens (primary N) is 1. The smallest absolute Gasteiger partial charge is 0.305 e. The van der Waals surface area contributed by atoms with Crippen LogP contribution < -0.4 is 5.73 Å². The maximum atomic E-state index is 10.6. The van der Waals surface area contributed by atoms with E-state index in [2.05, 4.69) is 4.98 Å². The molecule has 0 saturated heterocycles. The third-order valence-corrected chi connectivity index (χ3v) is 2.75. The van der Waals surface area contributed by atoms with E-state index in [4.69, 9.17) is 10.8 Å². The van der Waals surface area contributed by atoms with Crippen molar-refractivity contribution in [2.24, 2.45) is 5.73 Å². The minimum atomic E-state index is -0.888. The minimum absolute atomic E-state index is 0.0609. The van der Waals surface area contributed by atoms with E-state index < -0.39 is 12.0 Å². The molecular formula is C14H14N2O2. The third kappa shape index (κ3) is 2.93. The maximum absolute atomic E-state index is 10.6. The van der Waals surface area contributed by atoms with Crippen LogP contribution in [-0.2, 0) is 4.79 Å². The highest BCUT2D eigenvalue weighted by Gasteiger charge is 2.10. The lowest BCUT2D eigenvalue weighted by molar-refractivity contribution is -0.137. The molecule has 3 N–H and O–H groups in total. The Bertz CT molecular complexity index is 523. The molecule has 2 aromatic rings. The van der Waals surface area contributed by atoms with Gasteiger partial charge in [0.1, 0.15) is 0 Å². The first-order valence-corrected chi connectivity index (χ1v) is 5.64. The number of carboxylic acid groups (broad SMARTS) is 1. The Morgan fingerprint density at radius 3 is 2.22 bits per heavy atom. The molecule has 4 nitrogen and oxygen atoms in total. The highest BCUT2D eigenvalue weighted by atomic mass is 16.4. The van der Waals surface area contributed by atoms with Gasteiger partial charge in [0.15, 0.2) is 0 Å². The molecule has 0 bridgehead atoms. The Morgan fingerprint density at radius 2 is 1.67 bits per heavy atom. The van der Waals surface area contributed by atoms with E-state index >= 15 is 0 Å². The monoisotopic (exact) mass is 242 g/mol. The first-order valence-electron chi connectivity index (χ1n) is 5.64. The predicted molar refractivity (Wildman–Crippen MR) is 68.9 cm³/mol. The molecule has 0 aliphatic rings. The summed E-state index contributed by atoms with van der Waals surface area (Å²) in [6.07, 6.45) is 3.41. The van der Waals surface area contributed by atoms with Crippen LogP contribution in [0.4, 0.5) is 0 Å². The fourth-order valence-electron chi connectivity index (χ4n) is 1.77. The van der Waals surface area contributed by atoms with Crippen LogP contribution in [0.1, 0.15) is 18.0 Å². The normalized spacial score (nSPS) is 12.1. The molecule has 0 radical (unpaired) electrons. The van der Waals surface area contributed by atoms with Gasteiger partial charge in [0.05, 0.1) is 6.42 Å². The number of hydrogen-bond donors (Lipinski definition) is 2. The average molecular weight is 242 g/mol. The van der Waals surface area contributed by atoms with Crippen molar-refractivity contribution < 1.29 is 9.90 Å². The number of benzene rings is 1. The summed E-state index contributed by atoms with van der Waals surface area (Å²) in [6, 6.07) is 11.0. The molecule has 1 aromatic carbocycles. The highest BCUT2D eigenvalue weighted by Crippen LogP contribution is 2.21. The summed E-state index contributed by atoms with van der Waals surface area (Å²) in [5.74, 6) is -0.888. The fraction of sp³-hybridized carbons (Fsp3) is 0.143. The third-order valence-electron chi connectivity index (χ3n) is 2.75. The van der Waals surface area contributed by atoms with Crippen molar-refractivity contribution in [3.63, 3.8) is 0 Å². The fourth-order valence-corrected chi connectivity index (χ4v) is 1.77. The number of hydrogen-bond acceptors (Lipinski definition) is 3. The molecule has 18 heavy (non-hydrogen) atoms. The van der Waals surface area contributed by atoms with E-state index in [-0.39, 0.29) is 6.42 Å². The molecule has 1 heterocycles. The van der Waals surface area contributed by atoms with Gasteiger partial charge < -0.3 is 10.8 Å². The number of aromatic nitrogens is 1. The second-order valence-corrected chi connectivity index (χ2v) is 4.06. The Hall–Kier alpha value is -2.20. The second kappa shape index (κ2) is 5.42. The van der Waals surface area contributed by atoms with Crippen molar-refractivity contribution in [2.75, 3.05) is 0 Å². The van der Waals surface area contributed by atoms with Gasteiger partial charge in [0.25, 0.3) is 0 Å². The lowest BCUT2D eigenvalue weighted by atomic mass is 10.0. The number of aliphatic carboxylic acids is 1. The molecule has 0 aliphatic carbocycles. The summed E-state index contributed by atoms with van der Waals surface area (Å²) >= 11 is 0. The summed E-state index contributed by atoms with van der Waals surface area (Å²) in [4.78, 5) is 14.5. The average Bonchev–Trinajstić information content (AvgIpc) is 2.39. The van der Waals surface area contributed by atoms with Gasteiger partial charge in [-0.2, -0.15) is 0 Å². The Balaban J connectivity index is 2.18. The van der Waals surface area contributed by atoms with Crippen molar-refractivity contribution in [2.45, 2.75) is 12.5 Å². The number of carbonyl (C=O) groups is 1. The van der Waals surface area contributed by atoms with Gasteiger partial charge in [0.2, 0.25) is 0 Å². The van der Waals surface area contributed by atoms with Crippen LogP contribution in [0.3, 0.4) is 0 Å². The van der Waals surface area contributed by atoms with E-state index in [1.807, 2.05) is 36.4 Å². The molecule has 0 aliphatic heterocycles. The van der Waals surface area contributed by atoms with Crippen LogP contribution in [0.2, 0.25) is 0 Å². The van der Waals surface area contributed by atoms with Crippen molar-refractivity contribution >= 4 is 5.97 Å². The van der Waals surface area contributed by atoms with E-state index in [0.717, 1.165) is 16.7 Å². The van der Waals surface area contributed by atoms with Crippen molar-refractivity contribution in [3.8, 4) is 11.1 Å². The highest BCUT2D eigenvalue weighted by molar-refractivity contribution is 5.68. The molecular weight excluding hydrogens is 228 g/mol. The maximum Gasteiger partial charge on any atom is 0.305 e. The van der Waals surface area contributed by atoms with Crippen LogP contribution in [0, 0.1) is 0 Å². The molecule has 0 unspecified atom stereocenters. The quantitative estimate of drug-likeness (QED) is 0.861. The van der Waals surface area contributed by atoms with Gasteiger partial charge >= 0.3 is 5.97 Å². The summed E-state index contributed by atoms with van der Waals surface area (Å²) in [7, 11) is 0. The molecule has 0 spiro atoms. The number of rotatable bonds is 4. The first-order chi connectivity index (χ1) is 8.66. The van der Waals surface area contributed by atoms with E-state index in [1.165, 1.54) is 0 Å². The van der Waals surface area contributed by atoms with Gasteiger partial charge in [0, 0.05) is 18.4 Å². The van der Waals surface area contributed by atoms with E-state index in [9.17, 15) is 4.79 Å². The number of carboxylic acids is 1. The SMILES string of the molecule is N[C@@H](CC(=O)O)c1ccc(-c2ccncc2)cc1. The topological polar surface area (TPSA) is 76.2 Å². The largest absolute Gasteiger partial charge is 0.481 e. The zero-order chi connectivity index (χ0) is 13.0. The molecule has 92 valence electrons. The van der Waals surface area contributed by atoms with Gasteiger partial charge in [-0.3, -0.25) is 9.78 Å². The predicted octanol–water partition coefficient (Wildman–Crippen LogP) is 2.22. The van der Waals surface area contributed by atoms with E-state index in [0.29, 0.717) is 0 Å². The number of nitrogens with zero attached hydrogens (tertiary/aromatic N) is 1. The van der Waals surface area contributed by atoms with Gasteiger partial charge in [-0.25, -0.2) is 0 Å². The molecule has 4 heteroatoms. The molecule has 1 atom stereocenters. The summed E-state index contributed by atoms with van der Waals surface area (Å²) < 4.78 is 0. The lowest BCUT2D eigenvalue weighted by Crippen LogP contribution is -2.14. The standard InChI is InChI=1S/C14H14N2O2/c15-13(9-14(17)18)12-3-1-10(2-4-12)11-5-7-16-8-6-11/h1-8,13H,9,15H2,(H,17,18)/t13-/m0/s1. The van der Waals surface area contributed by atoms with E-state index in [1.54, 1.807) is 12.4 Å². The first kappa shape index (κ1) is 12.3. The van der Waals surface area contributed by atoms with Crippen molar-refractivity contribution in [1.29, 1.82) is 0 Å². The molecule has 1 aromatic heterocycles. The molecule has 0 fully saturated rings. The van der Waals surface area contributed by atoms with Gasteiger partial charge in [-0.1, -0.05) is 24.3 Å². The lowest BCUT2D eigenvalue weighted by Gasteiger charge is -2.10. The molecule has 2 rings (SSSR count). The van der Waals surface area contributed by atoms with Crippen molar-refractivity contribution in [1.82, 2.24) is 4.98 Å². The molecule has 0 amide bonds. The van der Waals surface area contributed by atoms with Crippen LogP contribution in [0.25, 0.3) is 11.1 Å². The summed E-state index contributed by atoms with van der Waals surface area (Å²) in [5.41, 5.74) is 8.75.